The summed E-state index contributed by atoms with van der Waals surface area (Å²) in [7, 11) is 0. The summed E-state index contributed by atoms with van der Waals surface area (Å²) in [5.41, 5.74) is 1.94. The predicted octanol–water partition coefficient (Wildman–Crippen LogP) is 1.37. The van der Waals surface area contributed by atoms with Crippen LogP contribution in [0.1, 0.15) is 12.1 Å². The molecule has 1 aromatic rings. The molecule has 0 radical (unpaired) electrons. The zero-order valence-corrected chi connectivity index (χ0v) is 5.66. The molecule has 0 aliphatic heterocycles. The van der Waals surface area contributed by atoms with E-state index in [-0.39, 0.29) is 5.69 Å². The molecule has 0 saturated heterocycles. The number of thiazole rings is 1. The normalized spacial score (nSPS) is 10.4. The molecular weight excluding hydrogens is 160 g/mol. The van der Waals surface area contributed by atoms with Crippen LogP contribution in [-0.2, 0) is 0 Å². The molecule has 10 heavy (non-hydrogen) atoms. The molecule has 0 unspecified atom stereocenters. The summed E-state index contributed by atoms with van der Waals surface area (Å²) in [6, 6.07) is 0. The first kappa shape index (κ1) is 7.36. The minimum Gasteiger partial charge on any atom is -0.300 e. The van der Waals surface area contributed by atoms with Gasteiger partial charge in [-0.05, 0) is 0 Å². The van der Waals surface area contributed by atoms with Crippen LogP contribution in [0.4, 0.5) is 13.9 Å². The van der Waals surface area contributed by atoms with E-state index in [9.17, 15) is 8.78 Å². The van der Waals surface area contributed by atoms with Crippen LogP contribution in [0.5, 0.6) is 0 Å². The second-order valence-electron chi connectivity index (χ2n) is 1.52. The number of alkyl halides is 2. The average Bonchev–Trinajstić information content (AvgIpc) is 2.34. The number of anilines is 1. The second-order valence-corrected chi connectivity index (χ2v) is 2.38. The SMILES string of the molecule is NNc1nc(C(F)F)cs1. The van der Waals surface area contributed by atoms with Crippen molar-refractivity contribution in [3.63, 3.8) is 0 Å². The van der Waals surface area contributed by atoms with Gasteiger partial charge in [-0.1, -0.05) is 0 Å². The van der Waals surface area contributed by atoms with E-state index in [4.69, 9.17) is 5.84 Å². The van der Waals surface area contributed by atoms with Gasteiger partial charge in [0.15, 0.2) is 5.13 Å². The summed E-state index contributed by atoms with van der Waals surface area (Å²) >= 11 is 1.05. The summed E-state index contributed by atoms with van der Waals surface area (Å²) in [6.07, 6.45) is -2.52. The van der Waals surface area contributed by atoms with Crippen molar-refractivity contribution in [2.45, 2.75) is 6.43 Å². The van der Waals surface area contributed by atoms with E-state index in [1.807, 2.05) is 0 Å². The Morgan fingerprint density at radius 1 is 1.70 bits per heavy atom. The lowest BCUT2D eigenvalue weighted by molar-refractivity contribution is 0.147. The van der Waals surface area contributed by atoms with Crippen LogP contribution < -0.4 is 11.3 Å². The molecule has 0 spiro atoms. The molecule has 0 atom stereocenters. The van der Waals surface area contributed by atoms with E-state index in [1.54, 1.807) is 0 Å². The Morgan fingerprint density at radius 2 is 2.40 bits per heavy atom. The molecule has 1 heterocycles. The molecule has 0 bridgehead atoms. The van der Waals surface area contributed by atoms with E-state index in [0.717, 1.165) is 11.3 Å². The number of halogens is 2. The lowest BCUT2D eigenvalue weighted by atomic mass is 10.5. The van der Waals surface area contributed by atoms with Gasteiger partial charge in [0, 0.05) is 5.38 Å². The molecule has 0 fully saturated rings. The Balaban J connectivity index is 2.78. The van der Waals surface area contributed by atoms with Crippen LogP contribution in [0, 0.1) is 0 Å². The van der Waals surface area contributed by atoms with Crippen molar-refractivity contribution < 1.29 is 8.78 Å². The summed E-state index contributed by atoms with van der Waals surface area (Å²) < 4.78 is 23.6. The molecule has 3 nitrogen and oxygen atoms in total. The molecule has 0 saturated carbocycles. The summed E-state index contributed by atoms with van der Waals surface area (Å²) in [6.45, 7) is 0. The molecule has 6 heteroatoms. The average molecular weight is 165 g/mol. The molecule has 0 aliphatic rings. The van der Waals surface area contributed by atoms with Crippen LogP contribution in [0.15, 0.2) is 5.38 Å². The minimum absolute atomic E-state index is 0.238. The van der Waals surface area contributed by atoms with Crippen LogP contribution in [0.25, 0.3) is 0 Å². The van der Waals surface area contributed by atoms with Crippen LogP contribution >= 0.6 is 11.3 Å². The third-order valence-corrected chi connectivity index (χ3v) is 1.66. The summed E-state index contributed by atoms with van der Waals surface area (Å²) in [5, 5.41) is 1.56. The van der Waals surface area contributed by atoms with Crippen molar-refractivity contribution in [1.82, 2.24) is 4.98 Å². The number of nitrogens with one attached hydrogen (secondary N) is 1. The zero-order valence-electron chi connectivity index (χ0n) is 4.84. The van der Waals surface area contributed by atoms with Gasteiger partial charge in [0.1, 0.15) is 5.69 Å². The molecular formula is C4H5F2N3S. The Hall–Kier alpha value is -0.750. The van der Waals surface area contributed by atoms with E-state index in [1.165, 1.54) is 5.38 Å². The molecule has 56 valence electrons. The number of hydrazine groups is 1. The quantitative estimate of drug-likeness (QED) is 0.514. The lowest BCUT2D eigenvalue weighted by Gasteiger charge is -1.89. The number of rotatable bonds is 2. The molecule has 0 aromatic carbocycles. The van der Waals surface area contributed by atoms with Gasteiger partial charge in [-0.25, -0.2) is 19.6 Å². The van der Waals surface area contributed by atoms with Crippen molar-refractivity contribution in [2.75, 3.05) is 5.43 Å². The van der Waals surface area contributed by atoms with E-state index in [2.05, 4.69) is 10.4 Å². The third kappa shape index (κ3) is 1.39. The van der Waals surface area contributed by atoms with Crippen LogP contribution in [-0.4, -0.2) is 4.98 Å². The molecule has 3 N–H and O–H groups in total. The van der Waals surface area contributed by atoms with Gasteiger partial charge in [-0.3, -0.25) is 5.43 Å². The Kier molecular flexibility index (Phi) is 2.13. The van der Waals surface area contributed by atoms with Crippen molar-refractivity contribution in [2.24, 2.45) is 5.84 Å². The highest BCUT2D eigenvalue weighted by molar-refractivity contribution is 7.13. The molecule has 0 aliphatic carbocycles. The van der Waals surface area contributed by atoms with Gasteiger partial charge in [-0.15, -0.1) is 11.3 Å². The highest BCUT2D eigenvalue weighted by atomic mass is 32.1. The smallest absolute Gasteiger partial charge is 0.281 e. The first-order chi connectivity index (χ1) is 4.74. The van der Waals surface area contributed by atoms with Gasteiger partial charge >= 0.3 is 0 Å². The van der Waals surface area contributed by atoms with Crippen molar-refractivity contribution in [1.29, 1.82) is 0 Å². The van der Waals surface area contributed by atoms with Crippen molar-refractivity contribution in [3.05, 3.63) is 11.1 Å². The van der Waals surface area contributed by atoms with Gasteiger partial charge in [0.25, 0.3) is 6.43 Å². The topological polar surface area (TPSA) is 50.9 Å². The maximum atomic E-state index is 11.8. The Labute approximate surface area is 59.8 Å². The number of nitrogen functional groups attached to an aromatic ring is 1. The molecule has 1 aromatic heterocycles. The Bertz CT molecular complexity index is 212. The van der Waals surface area contributed by atoms with Crippen LogP contribution in [0.2, 0.25) is 0 Å². The standard InChI is InChI=1S/C4H5F2N3S/c5-3(6)2-1-10-4(8-2)9-7/h1,3H,7H2,(H,8,9). The number of hydrogen-bond donors (Lipinski definition) is 2. The van der Waals surface area contributed by atoms with Gasteiger partial charge in [0.05, 0.1) is 0 Å². The highest BCUT2D eigenvalue weighted by Crippen LogP contribution is 2.22. The first-order valence-electron chi connectivity index (χ1n) is 2.44. The maximum absolute atomic E-state index is 11.8. The van der Waals surface area contributed by atoms with Gasteiger partial charge in [-0.2, -0.15) is 0 Å². The van der Waals surface area contributed by atoms with Crippen molar-refractivity contribution >= 4 is 16.5 Å². The first-order valence-corrected chi connectivity index (χ1v) is 3.32. The summed E-state index contributed by atoms with van der Waals surface area (Å²) in [4.78, 5) is 3.46. The van der Waals surface area contributed by atoms with Gasteiger partial charge < -0.3 is 0 Å². The fourth-order valence-corrected chi connectivity index (χ4v) is 1.07. The van der Waals surface area contributed by atoms with E-state index < -0.39 is 6.43 Å². The maximum Gasteiger partial charge on any atom is 0.281 e. The zero-order chi connectivity index (χ0) is 7.56. The lowest BCUT2D eigenvalue weighted by Crippen LogP contribution is -2.06. The highest BCUT2D eigenvalue weighted by Gasteiger charge is 2.10. The minimum atomic E-state index is -2.52. The fraction of sp³-hybridized carbons (Fsp3) is 0.250. The summed E-state index contributed by atoms with van der Waals surface area (Å²) in [5.74, 6) is 4.92. The number of aromatic nitrogens is 1. The number of nitrogens with two attached hydrogens (primary N) is 1. The monoisotopic (exact) mass is 165 g/mol. The predicted molar refractivity (Wildman–Crippen MR) is 34.9 cm³/mol. The van der Waals surface area contributed by atoms with Crippen molar-refractivity contribution in [3.8, 4) is 0 Å². The molecule has 0 amide bonds. The van der Waals surface area contributed by atoms with Gasteiger partial charge in [0.2, 0.25) is 0 Å². The molecule has 1 rings (SSSR count). The van der Waals surface area contributed by atoms with E-state index in [0.29, 0.717) is 5.13 Å². The third-order valence-electron chi connectivity index (χ3n) is 0.869. The largest absolute Gasteiger partial charge is 0.300 e. The van der Waals surface area contributed by atoms with E-state index >= 15 is 0 Å². The fourth-order valence-electron chi connectivity index (χ4n) is 0.453. The number of hydrogen-bond acceptors (Lipinski definition) is 4. The van der Waals surface area contributed by atoms with Crippen LogP contribution in [0.3, 0.4) is 0 Å². The number of nitrogens with zero attached hydrogens (tertiary/aromatic N) is 1. The Morgan fingerprint density at radius 3 is 2.70 bits per heavy atom. The second kappa shape index (κ2) is 2.89.